The molecule has 2 aromatic rings. The van der Waals surface area contributed by atoms with Gasteiger partial charge in [-0.2, -0.15) is 0 Å². The van der Waals surface area contributed by atoms with Crippen molar-refractivity contribution < 1.29 is 18.5 Å². The number of hydrogen-bond acceptors (Lipinski definition) is 3. The minimum Gasteiger partial charge on any atom is -0.395 e. The van der Waals surface area contributed by atoms with E-state index < -0.39 is 7.82 Å². The summed E-state index contributed by atoms with van der Waals surface area (Å²) in [5.74, 6) is 0.768. The zero-order chi connectivity index (χ0) is 15.6. The molecule has 0 aliphatic rings. The number of hydrogen-bond donors (Lipinski definition) is 1. The van der Waals surface area contributed by atoms with Crippen LogP contribution in [0.15, 0.2) is 36.4 Å². The number of phosphoric acid groups is 1. The van der Waals surface area contributed by atoms with E-state index in [9.17, 15) is 9.46 Å². The molecule has 0 radical (unpaired) electrons. The Morgan fingerprint density at radius 3 is 1.32 bits per heavy atom. The summed E-state index contributed by atoms with van der Waals surface area (Å²) in [5.41, 5.74) is 3.15. The van der Waals surface area contributed by atoms with Crippen LogP contribution >= 0.6 is 20.2 Å². The molecule has 0 aliphatic carbocycles. The average Bonchev–Trinajstić information content (AvgIpc) is 2.39. The number of rotatable bonds is 4. The van der Waals surface area contributed by atoms with Crippen molar-refractivity contribution >= 4 is 20.2 Å². The Morgan fingerprint density at radius 2 is 1.05 bits per heavy atom. The third-order valence-electron chi connectivity index (χ3n) is 3.23. The smallest absolute Gasteiger partial charge is 0.395 e. The van der Waals surface area contributed by atoms with Gasteiger partial charge in [-0.25, -0.2) is 4.57 Å². The standard InChI is InChI=1S/C16H19O4P.ClH/c1-11-7-5-8-12(2)15(11)19-21(17,18)20-16-13(3)9-6-10-14(16)4;/h5-10H,1-4H3,(H,17,18);1H. The highest BCUT2D eigenvalue weighted by atomic mass is 35.5. The maximum atomic E-state index is 12.3. The lowest BCUT2D eigenvalue weighted by molar-refractivity contribution is 0.288. The molecule has 6 heteroatoms. The lowest BCUT2D eigenvalue weighted by atomic mass is 10.1. The first-order valence-electron chi connectivity index (χ1n) is 6.64. The molecule has 2 aromatic carbocycles. The highest BCUT2D eigenvalue weighted by Crippen LogP contribution is 2.47. The summed E-state index contributed by atoms with van der Waals surface area (Å²) >= 11 is 0. The molecule has 2 rings (SSSR count). The number of para-hydroxylation sites is 2. The summed E-state index contributed by atoms with van der Waals surface area (Å²) in [6.45, 7) is 7.28. The van der Waals surface area contributed by atoms with Crippen LogP contribution in [0.1, 0.15) is 22.3 Å². The molecule has 0 amide bonds. The van der Waals surface area contributed by atoms with Gasteiger partial charge in [-0.05, 0) is 49.9 Å². The molecular weight excluding hydrogens is 323 g/mol. The van der Waals surface area contributed by atoms with Crippen molar-refractivity contribution in [2.75, 3.05) is 0 Å². The zero-order valence-corrected chi connectivity index (χ0v) is 14.7. The zero-order valence-electron chi connectivity index (χ0n) is 13.0. The molecule has 120 valence electrons. The molecule has 0 aromatic heterocycles. The van der Waals surface area contributed by atoms with Gasteiger partial charge in [0.05, 0.1) is 0 Å². The van der Waals surface area contributed by atoms with Gasteiger partial charge in [-0.15, -0.1) is 12.4 Å². The molecule has 4 nitrogen and oxygen atoms in total. The first-order chi connectivity index (χ1) is 9.80. The van der Waals surface area contributed by atoms with Crippen LogP contribution in [0.3, 0.4) is 0 Å². The van der Waals surface area contributed by atoms with Gasteiger partial charge in [0, 0.05) is 0 Å². The van der Waals surface area contributed by atoms with Gasteiger partial charge >= 0.3 is 7.82 Å². The second kappa shape index (κ2) is 7.19. The van der Waals surface area contributed by atoms with Crippen molar-refractivity contribution in [3.8, 4) is 11.5 Å². The second-order valence-electron chi connectivity index (χ2n) is 5.09. The van der Waals surface area contributed by atoms with Crippen LogP contribution in [0.25, 0.3) is 0 Å². The van der Waals surface area contributed by atoms with Crippen molar-refractivity contribution in [3.63, 3.8) is 0 Å². The topological polar surface area (TPSA) is 55.8 Å². The Bertz CT molecular complexity index is 617. The van der Waals surface area contributed by atoms with E-state index in [1.54, 1.807) is 0 Å². The first kappa shape index (κ1) is 18.6. The van der Waals surface area contributed by atoms with Crippen molar-refractivity contribution in [1.82, 2.24) is 0 Å². The number of halogens is 1. The molecule has 22 heavy (non-hydrogen) atoms. The lowest BCUT2D eigenvalue weighted by Crippen LogP contribution is -2.04. The van der Waals surface area contributed by atoms with E-state index >= 15 is 0 Å². The fourth-order valence-electron chi connectivity index (χ4n) is 2.14. The molecule has 0 saturated carbocycles. The third kappa shape index (κ3) is 4.26. The highest BCUT2D eigenvalue weighted by Gasteiger charge is 2.28. The minimum absolute atomic E-state index is 0. The summed E-state index contributed by atoms with van der Waals surface area (Å²) in [6, 6.07) is 11.0. The van der Waals surface area contributed by atoms with Crippen LogP contribution in [-0.4, -0.2) is 4.89 Å². The molecule has 1 N–H and O–H groups in total. The largest absolute Gasteiger partial charge is 0.584 e. The quantitative estimate of drug-likeness (QED) is 0.803. The van der Waals surface area contributed by atoms with E-state index in [0.717, 1.165) is 22.3 Å². The summed E-state index contributed by atoms with van der Waals surface area (Å²) < 4.78 is 22.8. The molecule has 0 heterocycles. The van der Waals surface area contributed by atoms with E-state index in [1.165, 1.54) is 0 Å². The average molecular weight is 343 g/mol. The fourth-order valence-corrected chi connectivity index (χ4v) is 3.21. The Balaban J connectivity index is 0.00000242. The molecular formula is C16H20ClO4P. The van der Waals surface area contributed by atoms with Crippen LogP contribution in [0.2, 0.25) is 0 Å². The molecule has 0 aliphatic heterocycles. The van der Waals surface area contributed by atoms with Crippen molar-refractivity contribution in [3.05, 3.63) is 58.7 Å². The molecule has 0 bridgehead atoms. The van der Waals surface area contributed by atoms with Gasteiger partial charge in [-0.3, -0.25) is 4.89 Å². The molecule has 0 atom stereocenters. The van der Waals surface area contributed by atoms with Gasteiger partial charge in [0.15, 0.2) is 0 Å². The Labute approximate surface area is 137 Å². The van der Waals surface area contributed by atoms with Gasteiger partial charge in [0.1, 0.15) is 11.5 Å². The predicted molar refractivity (Wildman–Crippen MR) is 90.2 cm³/mol. The molecule has 0 unspecified atom stereocenters. The van der Waals surface area contributed by atoms with E-state index in [1.807, 2.05) is 64.1 Å². The van der Waals surface area contributed by atoms with Crippen LogP contribution in [0.5, 0.6) is 11.5 Å². The fraction of sp³-hybridized carbons (Fsp3) is 0.250. The van der Waals surface area contributed by atoms with Crippen LogP contribution in [0, 0.1) is 27.7 Å². The van der Waals surface area contributed by atoms with Crippen LogP contribution in [-0.2, 0) is 4.57 Å². The maximum absolute atomic E-state index is 12.3. The normalized spacial score (nSPS) is 10.8. The van der Waals surface area contributed by atoms with Crippen molar-refractivity contribution in [2.45, 2.75) is 27.7 Å². The Kier molecular flexibility index (Phi) is 6.07. The third-order valence-corrected chi connectivity index (χ3v) is 4.06. The summed E-state index contributed by atoms with van der Waals surface area (Å²) in [7, 11) is -4.24. The van der Waals surface area contributed by atoms with E-state index in [0.29, 0.717) is 11.5 Å². The lowest BCUT2D eigenvalue weighted by Gasteiger charge is -2.18. The van der Waals surface area contributed by atoms with E-state index in [4.69, 9.17) is 9.05 Å². The highest BCUT2D eigenvalue weighted by molar-refractivity contribution is 7.48. The van der Waals surface area contributed by atoms with Crippen LogP contribution < -0.4 is 9.05 Å². The SMILES string of the molecule is Cc1cccc(C)c1OP(=O)(O)Oc1c(C)cccc1C.Cl. The van der Waals surface area contributed by atoms with Gasteiger partial charge < -0.3 is 9.05 Å². The first-order valence-corrected chi connectivity index (χ1v) is 8.14. The number of benzene rings is 2. The molecule has 0 fully saturated rings. The summed E-state index contributed by atoms with van der Waals surface area (Å²) in [4.78, 5) is 10.0. The maximum Gasteiger partial charge on any atom is 0.584 e. The molecule has 0 spiro atoms. The second-order valence-corrected chi connectivity index (χ2v) is 6.40. The summed E-state index contributed by atoms with van der Waals surface area (Å²) in [6.07, 6.45) is 0. The Hall–Kier alpha value is -1.48. The van der Waals surface area contributed by atoms with E-state index in [2.05, 4.69) is 0 Å². The summed E-state index contributed by atoms with van der Waals surface area (Å²) in [5, 5.41) is 0. The van der Waals surface area contributed by atoms with Gasteiger partial charge in [0.25, 0.3) is 0 Å². The minimum atomic E-state index is -4.24. The van der Waals surface area contributed by atoms with Crippen molar-refractivity contribution in [1.29, 1.82) is 0 Å². The van der Waals surface area contributed by atoms with Crippen molar-refractivity contribution in [2.24, 2.45) is 0 Å². The Morgan fingerprint density at radius 1 is 0.773 bits per heavy atom. The van der Waals surface area contributed by atoms with Gasteiger partial charge in [-0.1, -0.05) is 36.4 Å². The van der Waals surface area contributed by atoms with Gasteiger partial charge in [0.2, 0.25) is 0 Å². The monoisotopic (exact) mass is 342 g/mol. The predicted octanol–water partition coefficient (Wildman–Crippen LogP) is 4.90. The molecule has 0 saturated heterocycles. The van der Waals surface area contributed by atoms with Crippen LogP contribution in [0.4, 0.5) is 0 Å². The van der Waals surface area contributed by atoms with E-state index in [-0.39, 0.29) is 12.4 Å². The number of phosphoric ester groups is 1. The number of aryl methyl sites for hydroxylation is 4.